The van der Waals surface area contributed by atoms with Crippen molar-refractivity contribution in [2.24, 2.45) is 0 Å². The van der Waals surface area contributed by atoms with Gasteiger partial charge in [-0.3, -0.25) is 0 Å². The summed E-state index contributed by atoms with van der Waals surface area (Å²) in [6.45, 7) is 4.73. The molecule has 1 nitrogen and oxygen atoms in total. The fourth-order valence-electron chi connectivity index (χ4n) is 1.23. The van der Waals surface area contributed by atoms with E-state index < -0.39 is 8.80 Å². The Balaban J connectivity index is 2.65. The Hall–Kier alpha value is -0.763. The smallest absolute Gasteiger partial charge is 0.118 e. The molecule has 0 aliphatic rings. The first-order chi connectivity index (χ1) is 5.72. The maximum atomic E-state index is 5.09. The minimum atomic E-state index is -0.463. The highest BCUT2D eigenvalue weighted by Crippen LogP contribution is 2.12. The second-order valence-electron chi connectivity index (χ2n) is 3.45. The zero-order chi connectivity index (χ0) is 8.97. The van der Waals surface area contributed by atoms with Gasteiger partial charge in [0.25, 0.3) is 0 Å². The molecule has 0 aliphatic heterocycles. The Morgan fingerprint density at radius 1 is 1.17 bits per heavy atom. The molecule has 1 aromatic rings. The van der Waals surface area contributed by atoms with E-state index in [2.05, 4.69) is 25.2 Å². The van der Waals surface area contributed by atoms with Gasteiger partial charge in [-0.1, -0.05) is 30.8 Å². The lowest BCUT2D eigenvalue weighted by atomic mass is 10.2. The molecule has 0 bridgehead atoms. The summed E-state index contributed by atoms with van der Waals surface area (Å²) in [5.74, 6) is 0.948. The van der Waals surface area contributed by atoms with Crippen LogP contribution in [0.3, 0.4) is 0 Å². The normalized spacial score (nSPS) is 10.3. The van der Waals surface area contributed by atoms with Crippen molar-refractivity contribution in [2.75, 3.05) is 7.11 Å². The van der Waals surface area contributed by atoms with Gasteiger partial charge in [0.2, 0.25) is 0 Å². The number of hydrogen-bond donors (Lipinski definition) is 0. The van der Waals surface area contributed by atoms with Gasteiger partial charge in [-0.15, -0.1) is 0 Å². The predicted molar refractivity (Wildman–Crippen MR) is 55.6 cm³/mol. The minimum absolute atomic E-state index is 0.463. The van der Waals surface area contributed by atoms with Crippen LogP contribution >= 0.6 is 0 Å². The third kappa shape index (κ3) is 2.70. The van der Waals surface area contributed by atoms with Crippen LogP contribution in [0.5, 0.6) is 5.75 Å². The summed E-state index contributed by atoms with van der Waals surface area (Å²) in [5, 5.41) is 0. The standard InChI is InChI=1S/C10H16OSi/c1-11-10-6-4-9(5-7-10)8-12(2)3/h4-7,12H,8H2,1-3H3. The van der Waals surface area contributed by atoms with Crippen molar-refractivity contribution < 1.29 is 4.74 Å². The molecule has 0 unspecified atom stereocenters. The maximum absolute atomic E-state index is 5.09. The van der Waals surface area contributed by atoms with E-state index in [1.165, 1.54) is 11.6 Å². The minimum Gasteiger partial charge on any atom is -0.497 e. The van der Waals surface area contributed by atoms with Gasteiger partial charge >= 0.3 is 0 Å². The Kier molecular flexibility index (Phi) is 3.35. The molecule has 1 rings (SSSR count). The van der Waals surface area contributed by atoms with Crippen molar-refractivity contribution >= 4 is 8.80 Å². The molecule has 1 aromatic carbocycles. The van der Waals surface area contributed by atoms with Gasteiger partial charge in [0, 0.05) is 8.80 Å². The van der Waals surface area contributed by atoms with Gasteiger partial charge in [0.1, 0.15) is 5.75 Å². The lowest BCUT2D eigenvalue weighted by molar-refractivity contribution is 0.414. The highest BCUT2D eigenvalue weighted by atomic mass is 28.3. The van der Waals surface area contributed by atoms with E-state index in [-0.39, 0.29) is 0 Å². The Morgan fingerprint density at radius 2 is 1.75 bits per heavy atom. The molecule has 0 saturated heterocycles. The summed E-state index contributed by atoms with van der Waals surface area (Å²) in [6, 6.07) is 9.67. The van der Waals surface area contributed by atoms with Crippen LogP contribution in [0, 0.1) is 0 Å². The van der Waals surface area contributed by atoms with E-state index in [1.54, 1.807) is 7.11 Å². The molecule has 66 valence electrons. The molecular weight excluding hydrogens is 164 g/mol. The summed E-state index contributed by atoms with van der Waals surface area (Å²) in [7, 11) is 1.24. The van der Waals surface area contributed by atoms with Gasteiger partial charge in [0.05, 0.1) is 7.11 Å². The lowest BCUT2D eigenvalue weighted by Gasteiger charge is -2.04. The SMILES string of the molecule is COc1ccc(C[SiH](C)C)cc1. The molecule has 0 aliphatic carbocycles. The monoisotopic (exact) mass is 180 g/mol. The van der Waals surface area contributed by atoms with E-state index in [0.717, 1.165) is 5.75 Å². The molecule has 0 amide bonds. The van der Waals surface area contributed by atoms with Crippen molar-refractivity contribution in [2.45, 2.75) is 19.1 Å². The fourth-order valence-corrected chi connectivity index (χ4v) is 2.45. The van der Waals surface area contributed by atoms with Crippen LogP contribution in [-0.2, 0) is 6.04 Å². The zero-order valence-corrected chi connectivity index (χ0v) is 9.16. The molecular formula is C10H16OSi. The topological polar surface area (TPSA) is 9.23 Å². The first-order valence-corrected chi connectivity index (χ1v) is 7.48. The van der Waals surface area contributed by atoms with Crippen molar-refractivity contribution in [1.82, 2.24) is 0 Å². The van der Waals surface area contributed by atoms with E-state index >= 15 is 0 Å². The number of ether oxygens (including phenoxy) is 1. The van der Waals surface area contributed by atoms with Crippen LogP contribution in [0.25, 0.3) is 0 Å². The lowest BCUT2D eigenvalue weighted by Crippen LogP contribution is -2.04. The van der Waals surface area contributed by atoms with Crippen molar-refractivity contribution in [3.63, 3.8) is 0 Å². The molecule has 0 atom stereocenters. The predicted octanol–water partition coefficient (Wildman–Crippen LogP) is 2.26. The van der Waals surface area contributed by atoms with Gasteiger partial charge < -0.3 is 4.74 Å². The maximum Gasteiger partial charge on any atom is 0.118 e. The summed E-state index contributed by atoms with van der Waals surface area (Å²) in [5.41, 5.74) is 1.44. The van der Waals surface area contributed by atoms with Gasteiger partial charge in [-0.25, -0.2) is 0 Å². The molecule has 12 heavy (non-hydrogen) atoms. The Labute approximate surface area is 76.0 Å². The van der Waals surface area contributed by atoms with Crippen LogP contribution in [0.1, 0.15) is 5.56 Å². The molecule has 0 spiro atoms. The average Bonchev–Trinajstić information content (AvgIpc) is 2.05. The van der Waals surface area contributed by atoms with E-state index in [0.29, 0.717) is 0 Å². The summed E-state index contributed by atoms with van der Waals surface area (Å²) < 4.78 is 5.09. The number of methoxy groups -OCH3 is 1. The van der Waals surface area contributed by atoms with E-state index in [9.17, 15) is 0 Å². The number of rotatable bonds is 3. The first-order valence-electron chi connectivity index (χ1n) is 4.35. The van der Waals surface area contributed by atoms with E-state index in [4.69, 9.17) is 4.74 Å². The van der Waals surface area contributed by atoms with Crippen molar-refractivity contribution in [3.05, 3.63) is 29.8 Å². The van der Waals surface area contributed by atoms with Crippen molar-refractivity contribution in [3.8, 4) is 5.75 Å². The van der Waals surface area contributed by atoms with Crippen LogP contribution in [-0.4, -0.2) is 15.9 Å². The van der Waals surface area contributed by atoms with Gasteiger partial charge in [0.15, 0.2) is 0 Å². The highest BCUT2D eigenvalue weighted by molar-refractivity contribution is 6.55. The molecule has 0 heterocycles. The zero-order valence-electron chi connectivity index (χ0n) is 8.00. The second kappa shape index (κ2) is 4.31. The Morgan fingerprint density at radius 3 is 2.17 bits per heavy atom. The number of benzene rings is 1. The largest absolute Gasteiger partial charge is 0.497 e. The van der Waals surface area contributed by atoms with Crippen LogP contribution < -0.4 is 4.74 Å². The number of hydrogen-bond acceptors (Lipinski definition) is 1. The second-order valence-corrected chi connectivity index (χ2v) is 6.64. The third-order valence-electron chi connectivity index (χ3n) is 1.80. The molecule has 2 heteroatoms. The Bertz CT molecular complexity index is 228. The van der Waals surface area contributed by atoms with Crippen LogP contribution in [0.2, 0.25) is 13.1 Å². The summed E-state index contributed by atoms with van der Waals surface area (Å²) in [4.78, 5) is 0. The summed E-state index contributed by atoms with van der Waals surface area (Å²) >= 11 is 0. The fraction of sp³-hybridized carbons (Fsp3) is 0.400. The summed E-state index contributed by atoms with van der Waals surface area (Å²) in [6.07, 6.45) is 0. The van der Waals surface area contributed by atoms with Crippen molar-refractivity contribution in [1.29, 1.82) is 0 Å². The third-order valence-corrected chi connectivity index (χ3v) is 3.09. The van der Waals surface area contributed by atoms with E-state index in [1.807, 2.05) is 12.1 Å². The average molecular weight is 180 g/mol. The van der Waals surface area contributed by atoms with Crippen LogP contribution in [0.4, 0.5) is 0 Å². The molecule has 0 aromatic heterocycles. The molecule has 0 radical (unpaired) electrons. The molecule has 0 saturated carbocycles. The molecule has 0 N–H and O–H groups in total. The quantitative estimate of drug-likeness (QED) is 0.648. The van der Waals surface area contributed by atoms with Gasteiger partial charge in [-0.2, -0.15) is 0 Å². The molecule has 0 fully saturated rings. The highest BCUT2D eigenvalue weighted by Gasteiger charge is 1.98. The first kappa shape index (κ1) is 9.33. The van der Waals surface area contributed by atoms with Gasteiger partial charge in [-0.05, 0) is 18.2 Å². The van der Waals surface area contributed by atoms with Crippen LogP contribution in [0.15, 0.2) is 24.3 Å².